The molecule has 0 aliphatic carbocycles. The van der Waals surface area contributed by atoms with Crippen molar-refractivity contribution in [1.29, 1.82) is 0 Å². The number of carbonyl (C=O) groups excluding carboxylic acids is 2. The average molecular weight is 545 g/mol. The largest absolute Gasteiger partial charge is 0.416 e. The number of alkyl halides is 3. The zero-order valence-electron chi connectivity index (χ0n) is 19.8. The van der Waals surface area contributed by atoms with Gasteiger partial charge < -0.3 is 16.4 Å². The number of nitrogens with zero attached hydrogens (tertiary/aromatic N) is 1. The zero-order valence-corrected chi connectivity index (χ0v) is 21.4. The molecule has 196 valence electrons. The zero-order chi connectivity index (χ0) is 24.9. The lowest BCUT2D eigenvalue weighted by Crippen LogP contribution is -2.40. The Morgan fingerprint density at radius 2 is 1.75 bits per heavy atom. The van der Waals surface area contributed by atoms with Crippen LogP contribution in [0.2, 0.25) is 0 Å². The van der Waals surface area contributed by atoms with E-state index in [4.69, 9.17) is 5.73 Å². The summed E-state index contributed by atoms with van der Waals surface area (Å²) in [5.74, 6) is -1.58. The molecule has 0 spiro atoms. The monoisotopic (exact) mass is 544 g/mol. The van der Waals surface area contributed by atoms with Crippen molar-refractivity contribution >= 4 is 53.2 Å². The van der Waals surface area contributed by atoms with Crippen molar-refractivity contribution in [2.75, 3.05) is 12.8 Å². The first-order valence-electron chi connectivity index (χ1n) is 10.9. The molecule has 0 radical (unpaired) electrons. The molecule has 4 N–H and O–H groups in total. The lowest BCUT2D eigenvalue weighted by Gasteiger charge is -2.22. The molecule has 2 amide bonds. The van der Waals surface area contributed by atoms with E-state index in [9.17, 15) is 22.8 Å². The van der Waals surface area contributed by atoms with Gasteiger partial charge in [-0.1, -0.05) is 37.3 Å². The van der Waals surface area contributed by atoms with Crippen LogP contribution in [0.4, 0.5) is 19.0 Å². The van der Waals surface area contributed by atoms with Crippen LogP contribution >= 0.6 is 24.8 Å². The summed E-state index contributed by atoms with van der Waals surface area (Å²) in [6, 6.07) is 12.4. The van der Waals surface area contributed by atoms with Crippen LogP contribution in [-0.2, 0) is 28.7 Å². The average Bonchev–Trinajstić information content (AvgIpc) is 2.82. The molecule has 0 aliphatic heterocycles. The van der Waals surface area contributed by atoms with Crippen molar-refractivity contribution in [3.05, 3.63) is 71.4 Å². The van der Waals surface area contributed by atoms with Crippen molar-refractivity contribution < 1.29 is 22.8 Å². The van der Waals surface area contributed by atoms with Crippen LogP contribution in [0.3, 0.4) is 0 Å². The number of carbonyl (C=O) groups is 2. The highest BCUT2D eigenvalue weighted by Gasteiger charge is 2.31. The third kappa shape index (κ3) is 7.73. The Kier molecular flexibility index (Phi) is 11.5. The molecule has 0 saturated heterocycles. The van der Waals surface area contributed by atoms with Crippen molar-refractivity contribution in [3.63, 3.8) is 0 Å². The van der Waals surface area contributed by atoms with Gasteiger partial charge >= 0.3 is 6.18 Å². The van der Waals surface area contributed by atoms with Crippen LogP contribution in [0, 0.1) is 11.8 Å². The summed E-state index contributed by atoms with van der Waals surface area (Å²) in [7, 11) is 1.47. The Hall–Kier alpha value is -3.04. The SMILES string of the molecule is CNC(=O)C(CCc1cccc(C(F)(F)F)c1)[C@H](C)C(=O)NCc1ccc2c(N)nccc2c1.Cl.Cl. The van der Waals surface area contributed by atoms with Gasteiger partial charge in [0.25, 0.3) is 0 Å². The maximum Gasteiger partial charge on any atom is 0.416 e. The summed E-state index contributed by atoms with van der Waals surface area (Å²) in [5, 5.41) is 7.12. The van der Waals surface area contributed by atoms with Gasteiger partial charge in [-0.15, -0.1) is 24.8 Å². The van der Waals surface area contributed by atoms with Crippen LogP contribution in [0.1, 0.15) is 30.0 Å². The predicted molar refractivity (Wildman–Crippen MR) is 139 cm³/mol. The van der Waals surface area contributed by atoms with Crippen molar-refractivity contribution in [2.24, 2.45) is 11.8 Å². The Morgan fingerprint density at radius 3 is 2.42 bits per heavy atom. The number of aromatic nitrogens is 1. The number of hydrogen-bond donors (Lipinski definition) is 3. The number of nitrogens with two attached hydrogens (primary N) is 1. The number of aryl methyl sites for hydroxylation is 1. The molecule has 0 bridgehead atoms. The quantitative estimate of drug-likeness (QED) is 0.374. The van der Waals surface area contributed by atoms with Gasteiger partial charge in [-0.05, 0) is 47.6 Å². The van der Waals surface area contributed by atoms with Crippen molar-refractivity contribution in [3.8, 4) is 0 Å². The van der Waals surface area contributed by atoms with E-state index < -0.39 is 23.6 Å². The molecule has 1 unspecified atom stereocenters. The van der Waals surface area contributed by atoms with Gasteiger partial charge in [-0.3, -0.25) is 9.59 Å². The summed E-state index contributed by atoms with van der Waals surface area (Å²) >= 11 is 0. The van der Waals surface area contributed by atoms with Crippen molar-refractivity contribution in [2.45, 2.75) is 32.5 Å². The van der Waals surface area contributed by atoms with Crippen LogP contribution in [0.15, 0.2) is 54.7 Å². The lowest BCUT2D eigenvalue weighted by atomic mass is 9.86. The fourth-order valence-corrected chi connectivity index (χ4v) is 3.91. The molecule has 3 aromatic rings. The number of rotatable bonds is 8. The summed E-state index contributed by atoms with van der Waals surface area (Å²) in [5.41, 5.74) is 6.45. The van der Waals surface area contributed by atoms with E-state index in [1.165, 1.54) is 13.1 Å². The summed E-state index contributed by atoms with van der Waals surface area (Å²) in [6.45, 7) is 1.91. The molecule has 1 aromatic heterocycles. The number of amides is 2. The van der Waals surface area contributed by atoms with E-state index in [2.05, 4.69) is 15.6 Å². The van der Waals surface area contributed by atoms with Crippen LogP contribution in [-0.4, -0.2) is 23.8 Å². The minimum absolute atomic E-state index is 0. The van der Waals surface area contributed by atoms with Crippen LogP contribution in [0.5, 0.6) is 0 Å². The maximum atomic E-state index is 13.0. The summed E-state index contributed by atoms with van der Waals surface area (Å²) < 4.78 is 39.0. The number of pyridine rings is 1. The van der Waals surface area contributed by atoms with E-state index in [-0.39, 0.29) is 56.0 Å². The highest BCUT2D eigenvalue weighted by molar-refractivity contribution is 5.91. The van der Waals surface area contributed by atoms with Gasteiger partial charge in [0.2, 0.25) is 11.8 Å². The van der Waals surface area contributed by atoms with E-state index >= 15 is 0 Å². The van der Waals surface area contributed by atoms with Gasteiger partial charge in [-0.2, -0.15) is 13.2 Å². The number of anilines is 1. The normalized spacial score (nSPS) is 12.6. The lowest BCUT2D eigenvalue weighted by molar-refractivity contribution is -0.137. The van der Waals surface area contributed by atoms with Crippen LogP contribution in [0.25, 0.3) is 10.8 Å². The summed E-state index contributed by atoms with van der Waals surface area (Å²) in [4.78, 5) is 29.3. The first-order chi connectivity index (χ1) is 16.1. The fourth-order valence-electron chi connectivity index (χ4n) is 3.91. The van der Waals surface area contributed by atoms with E-state index in [0.717, 1.165) is 28.5 Å². The number of nitrogen functional groups attached to an aromatic ring is 1. The molecule has 6 nitrogen and oxygen atoms in total. The number of hydrogen-bond acceptors (Lipinski definition) is 4. The number of halogens is 5. The smallest absolute Gasteiger partial charge is 0.383 e. The third-order valence-electron chi connectivity index (χ3n) is 5.93. The molecular formula is C25H29Cl2F3N4O2. The van der Waals surface area contributed by atoms with Gasteiger partial charge in [-0.25, -0.2) is 4.98 Å². The molecule has 2 aromatic carbocycles. The molecule has 3 rings (SSSR count). The number of nitrogens with one attached hydrogen (secondary N) is 2. The first kappa shape index (κ1) is 31.0. The van der Waals surface area contributed by atoms with E-state index in [0.29, 0.717) is 11.4 Å². The number of fused-ring (bicyclic) bond motifs is 1. The van der Waals surface area contributed by atoms with Crippen LogP contribution < -0.4 is 16.4 Å². The van der Waals surface area contributed by atoms with Gasteiger partial charge in [0.1, 0.15) is 5.82 Å². The topological polar surface area (TPSA) is 97.1 Å². The third-order valence-corrected chi connectivity index (χ3v) is 5.93. The molecular weight excluding hydrogens is 516 g/mol. The Balaban J connectivity index is 0.00000324. The minimum Gasteiger partial charge on any atom is -0.383 e. The molecule has 36 heavy (non-hydrogen) atoms. The van der Waals surface area contributed by atoms with Gasteiger partial charge in [0, 0.05) is 37.0 Å². The molecule has 2 atom stereocenters. The molecule has 0 fully saturated rings. The highest BCUT2D eigenvalue weighted by atomic mass is 35.5. The Labute approximate surface area is 220 Å². The second kappa shape index (κ2) is 13.3. The standard InChI is InChI=1S/C25H27F3N4O2.2ClH/c1-15(23(33)32-14-17-7-9-21-18(12-17)10-11-31-22(21)29)20(24(34)30-2)8-6-16-4-3-5-19(13-16)25(26,27)28;;/h3-5,7,9-13,15,20H,6,8,14H2,1-2H3,(H2,29,31)(H,30,34)(H,32,33);2*1H/t15-,20?;;/m0../s1. The Morgan fingerprint density at radius 1 is 1.03 bits per heavy atom. The van der Waals surface area contributed by atoms with Crippen molar-refractivity contribution in [1.82, 2.24) is 15.6 Å². The second-order valence-corrected chi connectivity index (χ2v) is 8.22. The second-order valence-electron chi connectivity index (χ2n) is 8.22. The molecule has 1 heterocycles. The molecule has 0 saturated carbocycles. The Bertz CT molecular complexity index is 1190. The van der Waals surface area contributed by atoms with E-state index in [1.807, 2.05) is 24.3 Å². The predicted octanol–water partition coefficient (Wildman–Crippen LogP) is 4.93. The number of benzene rings is 2. The van der Waals surface area contributed by atoms with Gasteiger partial charge in [0.05, 0.1) is 5.56 Å². The highest BCUT2D eigenvalue weighted by Crippen LogP contribution is 2.30. The maximum absolute atomic E-state index is 13.0. The molecule has 11 heteroatoms. The van der Waals surface area contributed by atoms with E-state index in [1.54, 1.807) is 19.2 Å². The fraction of sp³-hybridized carbons (Fsp3) is 0.320. The minimum atomic E-state index is -4.44. The van der Waals surface area contributed by atoms with Gasteiger partial charge in [0.15, 0.2) is 0 Å². The first-order valence-corrected chi connectivity index (χ1v) is 10.9. The summed E-state index contributed by atoms with van der Waals surface area (Å²) in [6.07, 6.45) is -2.35. The molecule has 0 aliphatic rings.